The fourth-order valence-electron chi connectivity index (χ4n) is 4.86. The molecular formula is C34H45N3O8S. The number of anilines is 1. The van der Waals surface area contributed by atoms with Crippen LogP contribution in [0.4, 0.5) is 5.69 Å². The molecule has 46 heavy (non-hydrogen) atoms. The van der Waals surface area contributed by atoms with E-state index in [-0.39, 0.29) is 40.6 Å². The van der Waals surface area contributed by atoms with Crippen LogP contribution in [0.2, 0.25) is 0 Å². The largest absolute Gasteiger partial charge is 0.497 e. The summed E-state index contributed by atoms with van der Waals surface area (Å²) in [4.78, 5) is 29.3. The summed E-state index contributed by atoms with van der Waals surface area (Å²) in [7, 11) is 1.27. The van der Waals surface area contributed by atoms with Crippen molar-refractivity contribution in [2.45, 2.75) is 64.1 Å². The van der Waals surface area contributed by atoms with Crippen LogP contribution >= 0.6 is 0 Å². The van der Waals surface area contributed by atoms with Crippen molar-refractivity contribution in [2.24, 2.45) is 0 Å². The Bertz CT molecular complexity index is 1590. The standard InChI is InChI=1S/C34H45N3O8S/c1-9-24(4)35-34(39)28(10-2)36(21-25-13-11-23(3)12-14-25)33(38)22-37(29-19-26(42-5)15-17-30(29)43-6)46(40,41)27-16-18-31(44-7)32(20-27)45-8/h11-20,24,28H,9-10,21-22H2,1-8H3,(H,35,39)/t24-,28+/m0/s1. The van der Waals surface area contributed by atoms with E-state index in [1.54, 1.807) is 12.1 Å². The first-order valence-electron chi connectivity index (χ1n) is 15.1. The Labute approximate surface area is 272 Å². The maximum absolute atomic E-state index is 14.5. The van der Waals surface area contributed by atoms with Gasteiger partial charge in [-0.05, 0) is 56.5 Å². The summed E-state index contributed by atoms with van der Waals surface area (Å²) in [5.41, 5.74) is 1.92. The van der Waals surface area contributed by atoms with Crippen molar-refractivity contribution in [1.29, 1.82) is 0 Å². The van der Waals surface area contributed by atoms with Crippen LogP contribution in [-0.2, 0) is 26.2 Å². The number of methoxy groups -OCH3 is 4. The van der Waals surface area contributed by atoms with Gasteiger partial charge < -0.3 is 29.2 Å². The zero-order valence-corrected chi connectivity index (χ0v) is 28.6. The van der Waals surface area contributed by atoms with E-state index in [9.17, 15) is 18.0 Å². The number of rotatable bonds is 16. The van der Waals surface area contributed by atoms with E-state index in [0.717, 1.165) is 15.4 Å². The highest BCUT2D eigenvalue weighted by Gasteiger charge is 2.35. The lowest BCUT2D eigenvalue weighted by Gasteiger charge is -2.34. The highest BCUT2D eigenvalue weighted by atomic mass is 32.2. The van der Waals surface area contributed by atoms with Crippen LogP contribution in [-0.4, -0.2) is 72.2 Å². The average Bonchev–Trinajstić information content (AvgIpc) is 3.06. The minimum absolute atomic E-state index is 0.0809. The zero-order chi connectivity index (χ0) is 34.0. The summed E-state index contributed by atoms with van der Waals surface area (Å²) in [5.74, 6) is 0.189. The molecule has 0 fully saturated rings. The first kappa shape index (κ1) is 36.0. The summed E-state index contributed by atoms with van der Waals surface area (Å²) in [6.07, 6.45) is 1.02. The summed E-state index contributed by atoms with van der Waals surface area (Å²) < 4.78 is 51.5. The van der Waals surface area contributed by atoms with Crippen LogP contribution in [0.25, 0.3) is 0 Å². The van der Waals surface area contributed by atoms with Crippen molar-refractivity contribution in [3.05, 3.63) is 71.8 Å². The Kier molecular flexibility index (Phi) is 12.7. The number of amides is 2. The third-order valence-corrected chi connectivity index (χ3v) is 9.49. The lowest BCUT2D eigenvalue weighted by Crippen LogP contribution is -2.53. The average molecular weight is 656 g/mol. The van der Waals surface area contributed by atoms with Gasteiger partial charge in [0.05, 0.1) is 39.0 Å². The third-order valence-electron chi connectivity index (χ3n) is 7.74. The Hall–Kier alpha value is -4.45. The molecule has 1 N–H and O–H groups in total. The number of nitrogens with zero attached hydrogens (tertiary/aromatic N) is 2. The molecule has 11 nitrogen and oxygen atoms in total. The molecule has 0 saturated carbocycles. The molecule has 0 saturated heterocycles. The van der Waals surface area contributed by atoms with E-state index >= 15 is 0 Å². The fourth-order valence-corrected chi connectivity index (χ4v) is 6.29. The second-order valence-corrected chi connectivity index (χ2v) is 12.7. The van der Waals surface area contributed by atoms with E-state index in [0.29, 0.717) is 24.3 Å². The number of hydrogen-bond donors (Lipinski definition) is 1. The van der Waals surface area contributed by atoms with Gasteiger partial charge in [-0.25, -0.2) is 8.42 Å². The summed E-state index contributed by atoms with van der Waals surface area (Å²) in [5, 5.41) is 2.98. The summed E-state index contributed by atoms with van der Waals surface area (Å²) >= 11 is 0. The third kappa shape index (κ3) is 8.42. The van der Waals surface area contributed by atoms with Gasteiger partial charge in [0.1, 0.15) is 24.1 Å². The number of carbonyl (C=O) groups excluding carboxylic acids is 2. The highest BCUT2D eigenvalue weighted by Crippen LogP contribution is 2.38. The molecule has 0 aliphatic carbocycles. The molecule has 12 heteroatoms. The van der Waals surface area contributed by atoms with Gasteiger partial charge in [0.25, 0.3) is 10.0 Å². The molecule has 3 aromatic rings. The van der Waals surface area contributed by atoms with Gasteiger partial charge in [-0.2, -0.15) is 0 Å². The summed E-state index contributed by atoms with van der Waals surface area (Å²) in [6.45, 7) is 7.08. The lowest BCUT2D eigenvalue weighted by molar-refractivity contribution is -0.140. The van der Waals surface area contributed by atoms with E-state index in [1.165, 1.54) is 57.6 Å². The zero-order valence-electron chi connectivity index (χ0n) is 27.8. The molecule has 0 unspecified atom stereocenters. The number of ether oxygens (including phenoxy) is 4. The number of aryl methyl sites for hydroxylation is 1. The minimum atomic E-state index is -4.44. The molecule has 2 amide bonds. The normalized spacial score (nSPS) is 12.4. The minimum Gasteiger partial charge on any atom is -0.497 e. The van der Waals surface area contributed by atoms with Crippen molar-refractivity contribution in [2.75, 3.05) is 39.3 Å². The molecular weight excluding hydrogens is 610 g/mol. The van der Waals surface area contributed by atoms with Gasteiger partial charge in [0.2, 0.25) is 11.8 Å². The van der Waals surface area contributed by atoms with Crippen LogP contribution in [0.15, 0.2) is 65.6 Å². The van der Waals surface area contributed by atoms with Gasteiger partial charge in [-0.3, -0.25) is 13.9 Å². The van der Waals surface area contributed by atoms with E-state index < -0.39 is 28.5 Å². The second-order valence-electron chi connectivity index (χ2n) is 10.8. The highest BCUT2D eigenvalue weighted by molar-refractivity contribution is 7.92. The van der Waals surface area contributed by atoms with E-state index in [2.05, 4.69) is 5.32 Å². The number of carbonyl (C=O) groups is 2. The first-order valence-corrected chi connectivity index (χ1v) is 16.5. The predicted octanol–water partition coefficient (Wildman–Crippen LogP) is 4.95. The molecule has 0 heterocycles. The lowest BCUT2D eigenvalue weighted by atomic mass is 10.1. The summed E-state index contributed by atoms with van der Waals surface area (Å²) in [6, 6.07) is 15.5. The molecule has 0 bridgehead atoms. The molecule has 0 aromatic heterocycles. The van der Waals surface area contributed by atoms with E-state index in [4.69, 9.17) is 18.9 Å². The molecule has 0 spiro atoms. The topological polar surface area (TPSA) is 124 Å². The number of benzene rings is 3. The Morgan fingerprint density at radius 1 is 0.804 bits per heavy atom. The van der Waals surface area contributed by atoms with Crippen LogP contribution in [0.1, 0.15) is 44.7 Å². The van der Waals surface area contributed by atoms with Crippen molar-refractivity contribution in [1.82, 2.24) is 10.2 Å². The Balaban J connectivity index is 2.19. The van der Waals surface area contributed by atoms with Gasteiger partial charge in [0.15, 0.2) is 11.5 Å². The molecule has 0 aliphatic rings. The van der Waals surface area contributed by atoms with Crippen molar-refractivity contribution >= 4 is 27.5 Å². The first-order chi connectivity index (χ1) is 21.9. The molecule has 0 aliphatic heterocycles. The van der Waals surface area contributed by atoms with Crippen LogP contribution < -0.4 is 28.6 Å². The van der Waals surface area contributed by atoms with Crippen LogP contribution in [0.5, 0.6) is 23.0 Å². The maximum atomic E-state index is 14.5. The van der Waals surface area contributed by atoms with Crippen LogP contribution in [0, 0.1) is 6.92 Å². The number of sulfonamides is 1. The van der Waals surface area contributed by atoms with Crippen LogP contribution in [0.3, 0.4) is 0 Å². The fraction of sp³-hybridized carbons (Fsp3) is 0.412. The molecule has 3 rings (SSSR count). The molecule has 0 radical (unpaired) electrons. The number of nitrogens with one attached hydrogen (secondary N) is 1. The van der Waals surface area contributed by atoms with Crippen molar-refractivity contribution < 1.29 is 37.0 Å². The molecule has 3 aromatic carbocycles. The predicted molar refractivity (Wildman–Crippen MR) is 177 cm³/mol. The van der Waals surface area contributed by atoms with Gasteiger partial charge in [-0.15, -0.1) is 0 Å². The molecule has 250 valence electrons. The monoisotopic (exact) mass is 655 g/mol. The quantitative estimate of drug-likeness (QED) is 0.230. The van der Waals surface area contributed by atoms with Crippen molar-refractivity contribution in [3.63, 3.8) is 0 Å². The second kappa shape index (κ2) is 16.2. The van der Waals surface area contributed by atoms with Gasteiger partial charge >= 0.3 is 0 Å². The van der Waals surface area contributed by atoms with Crippen molar-refractivity contribution in [3.8, 4) is 23.0 Å². The SMILES string of the molecule is CC[C@H](C(=O)N[C@@H](C)CC)N(Cc1ccc(C)cc1)C(=O)CN(c1cc(OC)ccc1OC)S(=O)(=O)c1ccc(OC)c(OC)c1. The Morgan fingerprint density at radius 3 is 2.00 bits per heavy atom. The van der Waals surface area contributed by atoms with Gasteiger partial charge in [-0.1, -0.05) is 43.7 Å². The van der Waals surface area contributed by atoms with Gasteiger partial charge in [0, 0.05) is 24.7 Å². The molecule has 2 atom stereocenters. The van der Waals surface area contributed by atoms with E-state index in [1.807, 2.05) is 52.0 Å². The number of hydrogen-bond acceptors (Lipinski definition) is 8. The Morgan fingerprint density at radius 2 is 1.43 bits per heavy atom. The smallest absolute Gasteiger partial charge is 0.265 e. The maximum Gasteiger partial charge on any atom is 0.265 e.